The van der Waals surface area contributed by atoms with Gasteiger partial charge in [0, 0.05) is 0 Å². The van der Waals surface area contributed by atoms with Gasteiger partial charge in [0.15, 0.2) is 6.10 Å². The monoisotopic (exact) mass is 398 g/mol. The van der Waals surface area contributed by atoms with Crippen molar-refractivity contribution in [1.82, 2.24) is 0 Å². The maximum absolute atomic E-state index is 13.8. The number of benzene rings is 1. The second-order valence-corrected chi connectivity index (χ2v) is 7.72. The maximum Gasteiger partial charge on any atom is 0.378 e. The van der Waals surface area contributed by atoms with Crippen LogP contribution in [0.25, 0.3) is 0 Å². The van der Waals surface area contributed by atoms with Crippen LogP contribution in [0.4, 0.5) is 8.78 Å². The van der Waals surface area contributed by atoms with E-state index in [1.165, 1.54) is 32.4 Å². The SMILES string of the molecule is CCC1(Oc2ccc(C(=O)OC(C(C)C)C(F)(F)C(=O)O)cc2)CCCCC1. The van der Waals surface area contributed by atoms with E-state index in [2.05, 4.69) is 6.92 Å². The van der Waals surface area contributed by atoms with Crippen LogP contribution in [0.1, 0.15) is 69.7 Å². The number of hydrogen-bond donors (Lipinski definition) is 1. The quantitative estimate of drug-likeness (QED) is 0.618. The van der Waals surface area contributed by atoms with Crippen molar-refractivity contribution in [2.75, 3.05) is 0 Å². The smallest absolute Gasteiger partial charge is 0.378 e. The van der Waals surface area contributed by atoms with Gasteiger partial charge in [0.1, 0.15) is 11.4 Å². The Kier molecular flexibility index (Phi) is 7.01. The molecule has 1 unspecified atom stereocenters. The van der Waals surface area contributed by atoms with E-state index < -0.39 is 29.9 Å². The Balaban J connectivity index is 2.09. The molecule has 0 bridgehead atoms. The molecule has 0 radical (unpaired) electrons. The van der Waals surface area contributed by atoms with Gasteiger partial charge in [-0.1, -0.05) is 27.2 Å². The molecule has 0 heterocycles. The number of aliphatic carboxylic acids is 1. The summed E-state index contributed by atoms with van der Waals surface area (Å²) >= 11 is 0. The first kappa shape index (κ1) is 22.1. The number of carboxylic acids is 1. The molecule has 0 saturated heterocycles. The van der Waals surface area contributed by atoms with E-state index >= 15 is 0 Å². The van der Waals surface area contributed by atoms with Crippen molar-refractivity contribution in [2.45, 2.75) is 76.9 Å². The average Bonchev–Trinajstić information content (AvgIpc) is 2.66. The molecule has 1 atom stereocenters. The second kappa shape index (κ2) is 8.88. The second-order valence-electron chi connectivity index (χ2n) is 7.72. The minimum Gasteiger partial charge on any atom is -0.487 e. The Bertz CT molecular complexity index is 679. The zero-order chi connectivity index (χ0) is 20.9. The number of esters is 1. The third-order valence-electron chi connectivity index (χ3n) is 5.32. The Morgan fingerprint density at radius 1 is 1.14 bits per heavy atom. The lowest BCUT2D eigenvalue weighted by molar-refractivity contribution is -0.187. The van der Waals surface area contributed by atoms with Gasteiger partial charge in [0.05, 0.1) is 5.56 Å². The van der Waals surface area contributed by atoms with Crippen LogP contribution in [-0.2, 0) is 9.53 Å². The summed E-state index contributed by atoms with van der Waals surface area (Å²) in [6.07, 6.45) is 4.23. The highest BCUT2D eigenvalue weighted by Crippen LogP contribution is 2.35. The summed E-state index contributed by atoms with van der Waals surface area (Å²) in [4.78, 5) is 23.1. The van der Waals surface area contributed by atoms with Gasteiger partial charge in [-0.15, -0.1) is 0 Å². The molecular weight excluding hydrogens is 370 g/mol. The molecule has 156 valence electrons. The van der Waals surface area contributed by atoms with Gasteiger partial charge in [0.25, 0.3) is 0 Å². The predicted octanol–water partition coefficient (Wildman–Crippen LogP) is 5.08. The molecule has 0 aromatic heterocycles. The molecule has 1 fully saturated rings. The van der Waals surface area contributed by atoms with Crippen molar-refractivity contribution in [3.05, 3.63) is 29.8 Å². The van der Waals surface area contributed by atoms with Crippen molar-refractivity contribution >= 4 is 11.9 Å². The van der Waals surface area contributed by atoms with E-state index in [1.54, 1.807) is 12.1 Å². The fourth-order valence-corrected chi connectivity index (χ4v) is 3.57. The van der Waals surface area contributed by atoms with Crippen molar-refractivity contribution in [1.29, 1.82) is 0 Å². The Hall–Kier alpha value is -2.18. The van der Waals surface area contributed by atoms with Crippen LogP contribution >= 0.6 is 0 Å². The molecule has 1 aliphatic carbocycles. The number of ether oxygens (including phenoxy) is 2. The molecule has 0 spiro atoms. The highest BCUT2D eigenvalue weighted by molar-refractivity contribution is 5.90. The maximum atomic E-state index is 13.8. The number of carboxylic acid groups (broad SMARTS) is 1. The highest BCUT2D eigenvalue weighted by atomic mass is 19.3. The lowest BCUT2D eigenvalue weighted by Crippen LogP contribution is -2.47. The van der Waals surface area contributed by atoms with E-state index in [9.17, 15) is 18.4 Å². The standard InChI is InChI=1S/C21H28F2O5/c1-4-20(12-6-5-7-13-20)28-16-10-8-15(9-11-16)18(24)27-17(14(2)3)21(22,23)19(25)26/h8-11,14,17H,4-7,12-13H2,1-3H3,(H,25,26). The Morgan fingerprint density at radius 3 is 2.18 bits per heavy atom. The summed E-state index contributed by atoms with van der Waals surface area (Å²) < 4.78 is 38.7. The fourth-order valence-electron chi connectivity index (χ4n) is 3.57. The van der Waals surface area contributed by atoms with Gasteiger partial charge in [0.2, 0.25) is 0 Å². The number of carbonyl (C=O) groups excluding carboxylic acids is 1. The van der Waals surface area contributed by atoms with Gasteiger partial charge in [-0.25, -0.2) is 9.59 Å². The summed E-state index contributed by atoms with van der Waals surface area (Å²) in [6, 6.07) is 6.12. The van der Waals surface area contributed by atoms with Crippen molar-refractivity contribution in [3.8, 4) is 5.75 Å². The van der Waals surface area contributed by atoms with Crippen molar-refractivity contribution in [3.63, 3.8) is 0 Å². The normalized spacial score (nSPS) is 17.8. The van der Waals surface area contributed by atoms with Crippen LogP contribution in [0.5, 0.6) is 5.75 Å². The summed E-state index contributed by atoms with van der Waals surface area (Å²) in [5.74, 6) is -7.74. The summed E-state index contributed by atoms with van der Waals surface area (Å²) in [5.41, 5.74) is -0.139. The van der Waals surface area contributed by atoms with E-state index in [0.29, 0.717) is 5.75 Å². The van der Waals surface area contributed by atoms with Crippen LogP contribution in [0, 0.1) is 5.92 Å². The molecule has 28 heavy (non-hydrogen) atoms. The molecule has 2 rings (SSSR count). The molecule has 5 nitrogen and oxygen atoms in total. The molecule has 7 heteroatoms. The lowest BCUT2D eigenvalue weighted by Gasteiger charge is -2.37. The highest BCUT2D eigenvalue weighted by Gasteiger charge is 2.51. The zero-order valence-corrected chi connectivity index (χ0v) is 16.5. The summed E-state index contributed by atoms with van der Waals surface area (Å²) in [5, 5.41) is 8.73. The number of rotatable bonds is 8. The molecule has 1 aliphatic rings. The minimum absolute atomic E-state index is 0.0633. The predicted molar refractivity (Wildman–Crippen MR) is 99.8 cm³/mol. The van der Waals surface area contributed by atoms with Crippen LogP contribution in [0.15, 0.2) is 24.3 Å². The van der Waals surface area contributed by atoms with Gasteiger partial charge < -0.3 is 14.6 Å². The zero-order valence-electron chi connectivity index (χ0n) is 16.5. The van der Waals surface area contributed by atoms with Crippen LogP contribution in [-0.4, -0.2) is 34.7 Å². The summed E-state index contributed by atoms with van der Waals surface area (Å²) in [6.45, 7) is 4.84. The van der Waals surface area contributed by atoms with Crippen molar-refractivity contribution < 1.29 is 33.0 Å². The molecular formula is C21H28F2O5. The molecule has 0 aliphatic heterocycles. The van der Waals surface area contributed by atoms with Crippen LogP contribution < -0.4 is 4.74 Å². The molecule has 0 amide bonds. The third kappa shape index (κ3) is 5.00. The van der Waals surface area contributed by atoms with Gasteiger partial charge >= 0.3 is 17.9 Å². The van der Waals surface area contributed by atoms with Gasteiger partial charge in [-0.05, 0) is 62.3 Å². The number of hydrogen-bond acceptors (Lipinski definition) is 4. The van der Waals surface area contributed by atoms with Crippen molar-refractivity contribution in [2.24, 2.45) is 5.92 Å². The first-order valence-electron chi connectivity index (χ1n) is 9.72. The molecule has 1 aromatic carbocycles. The number of carbonyl (C=O) groups is 2. The van der Waals surface area contributed by atoms with E-state index in [-0.39, 0.29) is 11.2 Å². The van der Waals surface area contributed by atoms with Gasteiger partial charge in [-0.3, -0.25) is 0 Å². The third-order valence-corrected chi connectivity index (χ3v) is 5.32. The Morgan fingerprint density at radius 2 is 1.71 bits per heavy atom. The largest absolute Gasteiger partial charge is 0.487 e. The average molecular weight is 398 g/mol. The fraction of sp³-hybridized carbons (Fsp3) is 0.619. The van der Waals surface area contributed by atoms with E-state index in [4.69, 9.17) is 14.6 Å². The molecule has 1 saturated carbocycles. The minimum atomic E-state index is -4.17. The first-order chi connectivity index (χ1) is 13.1. The number of halogens is 2. The topological polar surface area (TPSA) is 72.8 Å². The van der Waals surface area contributed by atoms with Crippen LogP contribution in [0.2, 0.25) is 0 Å². The Labute approximate surface area is 164 Å². The summed E-state index contributed by atoms with van der Waals surface area (Å²) in [7, 11) is 0. The van der Waals surface area contributed by atoms with Crippen LogP contribution in [0.3, 0.4) is 0 Å². The van der Waals surface area contributed by atoms with E-state index in [0.717, 1.165) is 32.1 Å². The molecule has 1 aromatic rings. The van der Waals surface area contributed by atoms with E-state index in [1.807, 2.05) is 0 Å². The van der Waals surface area contributed by atoms with Gasteiger partial charge in [-0.2, -0.15) is 8.78 Å². The number of alkyl halides is 2. The lowest BCUT2D eigenvalue weighted by atomic mass is 9.82. The molecule has 1 N–H and O–H groups in total. The first-order valence-corrected chi connectivity index (χ1v) is 9.72.